The quantitative estimate of drug-likeness (QED) is 0.0597. The molecule has 3 N–H and O–H groups in total. The number of carbonyl (C=O) groups excluding carboxylic acids is 5. The molecular weight excluding hydrogens is 683 g/mol. The highest BCUT2D eigenvalue weighted by atomic mass is 32.2. The molecule has 4 aromatic rings. The molecule has 0 spiro atoms. The van der Waals surface area contributed by atoms with Gasteiger partial charge in [0.1, 0.15) is 10.7 Å². The highest BCUT2D eigenvalue weighted by Crippen LogP contribution is 2.38. The Kier molecular flexibility index (Phi) is 11.4. The van der Waals surface area contributed by atoms with Gasteiger partial charge in [-0.2, -0.15) is 0 Å². The van der Waals surface area contributed by atoms with E-state index >= 15 is 0 Å². The second kappa shape index (κ2) is 16.1. The van der Waals surface area contributed by atoms with E-state index in [1.165, 1.54) is 67.5 Å². The summed E-state index contributed by atoms with van der Waals surface area (Å²) in [6.45, 7) is 2.30. The zero-order chi connectivity index (χ0) is 35.8. The number of hydrogen-bond acceptors (Lipinski definition) is 10. The lowest BCUT2D eigenvalue weighted by Gasteiger charge is -2.25. The highest BCUT2D eigenvalue weighted by Gasteiger charge is 2.30. The minimum absolute atomic E-state index is 0.0153. The van der Waals surface area contributed by atoms with Crippen molar-refractivity contribution in [1.29, 1.82) is 0 Å². The van der Waals surface area contributed by atoms with Crippen LogP contribution in [0.3, 0.4) is 0 Å². The molecular formula is C35H31N5O8S2. The largest absolute Gasteiger partial charge is 0.465 e. The van der Waals surface area contributed by atoms with Crippen LogP contribution in [0.4, 0.5) is 16.4 Å². The van der Waals surface area contributed by atoms with Gasteiger partial charge in [-0.05, 0) is 66.1 Å². The molecule has 0 saturated carbocycles. The summed E-state index contributed by atoms with van der Waals surface area (Å²) < 4.78 is 4.98. The number of thiophene rings is 1. The SMILES string of the molecule is COC(=O)c1c(NC(=O)CSc2cccc(NC(=O)/C(=C\c3ccc([N+](=O)[O-])cc3)NC(=O)c3ccccc3)c2)sc2c1CCN(C(C)=O)C2. The summed E-state index contributed by atoms with van der Waals surface area (Å²) in [5.41, 5.74) is 2.01. The number of thioether (sulfide) groups is 1. The fourth-order valence-electron chi connectivity index (χ4n) is 5.05. The molecule has 5 rings (SSSR count). The smallest absolute Gasteiger partial charge is 0.341 e. The predicted octanol–water partition coefficient (Wildman–Crippen LogP) is 5.49. The van der Waals surface area contributed by atoms with Crippen molar-refractivity contribution in [1.82, 2.24) is 10.2 Å². The molecule has 1 aliphatic rings. The number of fused-ring (bicyclic) bond motifs is 1. The van der Waals surface area contributed by atoms with E-state index in [1.807, 2.05) is 0 Å². The van der Waals surface area contributed by atoms with Gasteiger partial charge in [-0.25, -0.2) is 4.79 Å². The van der Waals surface area contributed by atoms with Crippen LogP contribution >= 0.6 is 23.1 Å². The third-order valence-electron chi connectivity index (χ3n) is 7.55. The summed E-state index contributed by atoms with van der Waals surface area (Å²) in [4.78, 5) is 77.7. The number of esters is 1. The van der Waals surface area contributed by atoms with Crippen LogP contribution in [0.25, 0.3) is 6.08 Å². The maximum Gasteiger partial charge on any atom is 0.341 e. The second-order valence-electron chi connectivity index (χ2n) is 10.9. The average molecular weight is 714 g/mol. The lowest BCUT2D eigenvalue weighted by Crippen LogP contribution is -2.33. The fourth-order valence-corrected chi connectivity index (χ4v) is 7.08. The van der Waals surface area contributed by atoms with Crippen LogP contribution in [0, 0.1) is 10.1 Å². The monoisotopic (exact) mass is 713 g/mol. The number of benzene rings is 3. The number of nitrogens with one attached hydrogen (secondary N) is 3. The van der Waals surface area contributed by atoms with Crippen LogP contribution in [-0.4, -0.2) is 58.8 Å². The van der Waals surface area contributed by atoms with Gasteiger partial charge in [-0.3, -0.25) is 29.3 Å². The van der Waals surface area contributed by atoms with Crippen LogP contribution in [0.15, 0.2) is 89.5 Å². The zero-order valence-electron chi connectivity index (χ0n) is 26.9. The first kappa shape index (κ1) is 35.5. The molecule has 15 heteroatoms. The Morgan fingerprint density at radius 2 is 1.74 bits per heavy atom. The number of nitrogens with zero attached hydrogens (tertiary/aromatic N) is 2. The number of anilines is 2. The molecule has 0 bridgehead atoms. The van der Waals surface area contributed by atoms with Crippen molar-refractivity contribution < 1.29 is 33.6 Å². The molecule has 0 aliphatic carbocycles. The first-order valence-corrected chi connectivity index (χ1v) is 17.0. The number of nitro benzene ring substituents is 1. The van der Waals surface area contributed by atoms with Crippen molar-refractivity contribution in [3.63, 3.8) is 0 Å². The molecule has 0 fully saturated rings. The molecule has 13 nitrogen and oxygen atoms in total. The molecule has 2 heterocycles. The van der Waals surface area contributed by atoms with Gasteiger partial charge in [0, 0.05) is 46.6 Å². The fraction of sp³-hybridized carbons (Fsp3) is 0.171. The average Bonchev–Trinajstić information content (AvgIpc) is 3.47. The van der Waals surface area contributed by atoms with Gasteiger partial charge in [0.05, 0.1) is 29.9 Å². The Bertz CT molecular complexity index is 1990. The molecule has 0 radical (unpaired) electrons. The number of ether oxygens (including phenoxy) is 1. The van der Waals surface area contributed by atoms with Crippen LogP contribution in [0.1, 0.15) is 43.6 Å². The normalized spacial score (nSPS) is 12.4. The first-order valence-electron chi connectivity index (χ1n) is 15.2. The Morgan fingerprint density at radius 3 is 2.42 bits per heavy atom. The van der Waals surface area contributed by atoms with Crippen molar-refractivity contribution in [2.75, 3.05) is 30.0 Å². The molecule has 0 atom stereocenters. The lowest BCUT2D eigenvalue weighted by molar-refractivity contribution is -0.384. The molecule has 0 unspecified atom stereocenters. The van der Waals surface area contributed by atoms with Crippen LogP contribution in [0.2, 0.25) is 0 Å². The maximum atomic E-state index is 13.5. The van der Waals surface area contributed by atoms with E-state index in [9.17, 15) is 34.1 Å². The number of hydrogen-bond donors (Lipinski definition) is 3. The Hall–Kier alpha value is -5.80. The standard InChI is InChI=1S/C35H31N5O8S2/c1-21(41)39-16-15-27-29(19-39)50-34(31(27)35(45)48-2)38-30(42)20-49-26-10-6-9-24(18-26)36-33(44)28(37-32(43)23-7-4-3-5-8-23)17-22-11-13-25(14-12-22)40(46)47/h3-14,17-18H,15-16,19-20H2,1-2H3,(H,36,44)(H,37,43)(H,38,42)/b28-17+. The van der Waals surface area contributed by atoms with Gasteiger partial charge in [-0.1, -0.05) is 24.3 Å². The molecule has 1 aliphatic heterocycles. The van der Waals surface area contributed by atoms with E-state index in [-0.39, 0.29) is 29.0 Å². The van der Waals surface area contributed by atoms with Crippen LogP contribution < -0.4 is 16.0 Å². The van der Waals surface area contributed by atoms with Crippen LogP contribution in [-0.2, 0) is 32.1 Å². The molecule has 0 saturated heterocycles. The van der Waals surface area contributed by atoms with Crippen molar-refractivity contribution in [3.8, 4) is 0 Å². The topological polar surface area (TPSA) is 177 Å². The van der Waals surface area contributed by atoms with Crippen molar-refractivity contribution >= 4 is 75.1 Å². The van der Waals surface area contributed by atoms with E-state index in [0.29, 0.717) is 51.8 Å². The summed E-state index contributed by atoms with van der Waals surface area (Å²) >= 11 is 2.45. The Morgan fingerprint density at radius 1 is 1.00 bits per heavy atom. The van der Waals surface area contributed by atoms with Crippen molar-refractivity contribution in [2.45, 2.75) is 24.8 Å². The predicted molar refractivity (Wildman–Crippen MR) is 190 cm³/mol. The number of carbonyl (C=O) groups is 5. The summed E-state index contributed by atoms with van der Waals surface area (Å²) in [5.74, 6) is -2.19. The van der Waals surface area contributed by atoms with Crippen molar-refractivity contribution in [2.24, 2.45) is 0 Å². The number of amides is 4. The Labute approximate surface area is 294 Å². The molecule has 4 amide bonds. The summed E-state index contributed by atoms with van der Waals surface area (Å²) in [7, 11) is 1.27. The number of methoxy groups -OCH3 is 1. The van der Waals surface area contributed by atoms with Gasteiger partial charge < -0.3 is 25.6 Å². The number of nitro groups is 1. The highest BCUT2D eigenvalue weighted by molar-refractivity contribution is 8.00. The van der Waals surface area contributed by atoms with Gasteiger partial charge >= 0.3 is 5.97 Å². The molecule has 1 aromatic heterocycles. The summed E-state index contributed by atoms with van der Waals surface area (Å²) in [5, 5.41) is 19.7. The lowest BCUT2D eigenvalue weighted by atomic mass is 10.0. The minimum atomic E-state index is -0.645. The minimum Gasteiger partial charge on any atom is -0.465 e. The van der Waals surface area contributed by atoms with Gasteiger partial charge in [-0.15, -0.1) is 23.1 Å². The molecule has 3 aromatic carbocycles. The van der Waals surface area contributed by atoms with Gasteiger partial charge in [0.25, 0.3) is 17.5 Å². The van der Waals surface area contributed by atoms with Crippen LogP contribution in [0.5, 0.6) is 0 Å². The second-order valence-corrected chi connectivity index (χ2v) is 13.1. The molecule has 50 heavy (non-hydrogen) atoms. The van der Waals surface area contributed by atoms with E-state index < -0.39 is 22.7 Å². The van der Waals surface area contributed by atoms with Gasteiger partial charge in [0.15, 0.2) is 0 Å². The first-order chi connectivity index (χ1) is 24.0. The van der Waals surface area contributed by atoms with E-state index in [2.05, 4.69) is 16.0 Å². The summed E-state index contributed by atoms with van der Waals surface area (Å²) in [6, 6.07) is 20.6. The Balaban J connectivity index is 1.27. The van der Waals surface area contributed by atoms with E-state index in [0.717, 1.165) is 10.4 Å². The number of non-ortho nitro benzene ring substituents is 1. The van der Waals surface area contributed by atoms with Crippen molar-refractivity contribution in [3.05, 3.63) is 122 Å². The zero-order valence-corrected chi connectivity index (χ0v) is 28.5. The van der Waals surface area contributed by atoms with Gasteiger partial charge in [0.2, 0.25) is 11.8 Å². The van der Waals surface area contributed by atoms with E-state index in [1.54, 1.807) is 59.5 Å². The maximum absolute atomic E-state index is 13.5. The molecule has 256 valence electrons. The van der Waals surface area contributed by atoms with E-state index in [4.69, 9.17) is 4.74 Å². The summed E-state index contributed by atoms with van der Waals surface area (Å²) in [6.07, 6.45) is 1.88. The third kappa shape index (κ3) is 8.80. The third-order valence-corrected chi connectivity index (χ3v) is 9.68. The number of rotatable bonds is 11.